The Bertz CT molecular complexity index is 541. The topological polar surface area (TPSA) is 61.3 Å². The fourth-order valence-electron chi connectivity index (χ4n) is 3.74. The molecule has 3 aliphatic rings. The van der Waals surface area contributed by atoms with Gasteiger partial charge in [0.15, 0.2) is 5.82 Å². The molecule has 1 unspecified atom stereocenters. The molecule has 1 saturated heterocycles. The summed E-state index contributed by atoms with van der Waals surface area (Å²) in [5, 5.41) is 10.8. The molecular formula is C16H23N5. The van der Waals surface area contributed by atoms with E-state index in [-0.39, 0.29) is 5.54 Å². The van der Waals surface area contributed by atoms with E-state index in [0.29, 0.717) is 6.04 Å². The number of aliphatic imine (C=N–C) groups is 1. The molecule has 1 aromatic heterocycles. The van der Waals surface area contributed by atoms with E-state index < -0.39 is 0 Å². The van der Waals surface area contributed by atoms with Crippen LogP contribution in [-0.4, -0.2) is 35.5 Å². The number of nitrogens with one attached hydrogen (secondary N) is 3. The van der Waals surface area contributed by atoms with Gasteiger partial charge in [-0.05, 0) is 44.4 Å². The zero-order valence-electron chi connectivity index (χ0n) is 12.4. The molecule has 0 radical (unpaired) electrons. The van der Waals surface area contributed by atoms with Crippen molar-refractivity contribution >= 4 is 17.3 Å². The van der Waals surface area contributed by atoms with Gasteiger partial charge in [0.05, 0.1) is 11.7 Å². The second kappa shape index (κ2) is 5.30. The summed E-state index contributed by atoms with van der Waals surface area (Å²) in [6, 6.07) is 4.56. The van der Waals surface area contributed by atoms with E-state index >= 15 is 0 Å². The lowest BCUT2D eigenvalue weighted by Gasteiger charge is -2.43. The van der Waals surface area contributed by atoms with Gasteiger partial charge in [-0.15, -0.1) is 0 Å². The van der Waals surface area contributed by atoms with E-state index in [0.717, 1.165) is 36.9 Å². The van der Waals surface area contributed by atoms with E-state index in [1.165, 1.54) is 32.1 Å². The molecule has 2 fully saturated rings. The third kappa shape index (κ3) is 2.39. The van der Waals surface area contributed by atoms with E-state index in [4.69, 9.17) is 4.99 Å². The van der Waals surface area contributed by atoms with Crippen molar-refractivity contribution in [2.24, 2.45) is 4.99 Å². The molecule has 1 spiro atoms. The molecule has 1 atom stereocenters. The summed E-state index contributed by atoms with van der Waals surface area (Å²) < 4.78 is 0. The molecule has 1 aliphatic carbocycles. The number of nitrogens with zero attached hydrogens (tertiary/aromatic N) is 2. The van der Waals surface area contributed by atoms with Crippen molar-refractivity contribution in [3.63, 3.8) is 0 Å². The zero-order valence-corrected chi connectivity index (χ0v) is 12.4. The number of fused-ring (bicyclic) bond motifs is 1. The lowest BCUT2D eigenvalue weighted by atomic mass is 9.86. The van der Waals surface area contributed by atoms with Crippen LogP contribution in [0.1, 0.15) is 38.5 Å². The Balaban J connectivity index is 1.71. The number of hydrogen-bond acceptors (Lipinski definition) is 4. The van der Waals surface area contributed by atoms with Crippen molar-refractivity contribution in [3.8, 4) is 0 Å². The van der Waals surface area contributed by atoms with Crippen LogP contribution in [-0.2, 0) is 0 Å². The number of pyridine rings is 1. The van der Waals surface area contributed by atoms with Crippen LogP contribution in [0.5, 0.6) is 0 Å². The first-order chi connectivity index (χ1) is 10.4. The fourth-order valence-corrected chi connectivity index (χ4v) is 3.74. The van der Waals surface area contributed by atoms with Gasteiger partial charge >= 0.3 is 0 Å². The third-order valence-corrected chi connectivity index (χ3v) is 4.89. The van der Waals surface area contributed by atoms with Crippen molar-refractivity contribution in [3.05, 3.63) is 18.3 Å². The molecule has 4 rings (SSSR count). The molecule has 3 N–H and O–H groups in total. The van der Waals surface area contributed by atoms with E-state index in [2.05, 4.69) is 27.0 Å². The predicted molar refractivity (Wildman–Crippen MR) is 86.0 cm³/mol. The van der Waals surface area contributed by atoms with E-state index in [9.17, 15) is 0 Å². The Hall–Kier alpha value is -1.62. The van der Waals surface area contributed by atoms with Crippen LogP contribution in [0.2, 0.25) is 0 Å². The maximum atomic E-state index is 5.07. The number of aromatic nitrogens is 1. The van der Waals surface area contributed by atoms with Crippen molar-refractivity contribution in [1.82, 2.24) is 10.3 Å². The highest BCUT2D eigenvalue weighted by Gasteiger charge is 2.41. The van der Waals surface area contributed by atoms with Crippen LogP contribution in [0.3, 0.4) is 0 Å². The van der Waals surface area contributed by atoms with Gasteiger partial charge in [0.25, 0.3) is 0 Å². The Morgan fingerprint density at radius 3 is 2.95 bits per heavy atom. The molecule has 2 aliphatic heterocycles. The first kappa shape index (κ1) is 13.1. The molecule has 5 heteroatoms. The second-order valence-electron chi connectivity index (χ2n) is 6.43. The SMILES string of the molecule is c1cnc2c(c1)NC1(CCCNC1)C(=NC1CCCC1)N2. The van der Waals surface area contributed by atoms with Gasteiger partial charge in [0.1, 0.15) is 11.4 Å². The van der Waals surface area contributed by atoms with Crippen LogP contribution in [0.15, 0.2) is 23.3 Å². The minimum absolute atomic E-state index is 0.0864. The van der Waals surface area contributed by atoms with Crippen LogP contribution in [0.25, 0.3) is 0 Å². The molecule has 112 valence electrons. The Morgan fingerprint density at radius 2 is 2.14 bits per heavy atom. The van der Waals surface area contributed by atoms with Crippen molar-refractivity contribution in [2.45, 2.75) is 50.1 Å². The maximum absolute atomic E-state index is 5.07. The van der Waals surface area contributed by atoms with Crippen molar-refractivity contribution in [1.29, 1.82) is 0 Å². The number of hydrogen-bond donors (Lipinski definition) is 3. The molecule has 1 saturated carbocycles. The molecule has 0 amide bonds. The predicted octanol–water partition coefficient (Wildman–Crippen LogP) is 2.38. The summed E-state index contributed by atoms with van der Waals surface area (Å²) >= 11 is 0. The number of anilines is 2. The van der Waals surface area contributed by atoms with Crippen molar-refractivity contribution < 1.29 is 0 Å². The molecule has 21 heavy (non-hydrogen) atoms. The molecule has 1 aromatic rings. The Morgan fingerprint density at radius 1 is 1.24 bits per heavy atom. The highest BCUT2D eigenvalue weighted by atomic mass is 15.2. The molecule has 0 aromatic carbocycles. The summed E-state index contributed by atoms with van der Waals surface area (Å²) in [6.45, 7) is 2.03. The lowest BCUT2D eigenvalue weighted by molar-refractivity contribution is 0.420. The maximum Gasteiger partial charge on any atom is 0.154 e. The lowest BCUT2D eigenvalue weighted by Crippen LogP contribution is -2.61. The molecule has 5 nitrogen and oxygen atoms in total. The van der Waals surface area contributed by atoms with Crippen LogP contribution in [0.4, 0.5) is 11.5 Å². The summed E-state index contributed by atoms with van der Waals surface area (Å²) in [5.74, 6) is 2.00. The average molecular weight is 285 g/mol. The normalized spacial score (nSPS) is 31.0. The van der Waals surface area contributed by atoms with Gasteiger partial charge in [-0.25, -0.2) is 4.98 Å². The standard InChI is InChI=1S/C16H23N5/c1-2-6-12(5-1)19-15-16(8-4-9-17-11-16)21-13-7-3-10-18-14(13)20-15/h3,7,10,12,17,21H,1-2,4-6,8-9,11H2,(H,18,19,20). The third-order valence-electron chi connectivity index (χ3n) is 4.89. The molecule has 3 heterocycles. The molecule has 0 bridgehead atoms. The highest BCUT2D eigenvalue weighted by Crippen LogP contribution is 2.34. The minimum atomic E-state index is -0.0864. The number of piperidine rings is 1. The van der Waals surface area contributed by atoms with Gasteiger partial charge in [-0.1, -0.05) is 12.8 Å². The highest BCUT2D eigenvalue weighted by molar-refractivity contribution is 6.09. The monoisotopic (exact) mass is 285 g/mol. The summed E-state index contributed by atoms with van der Waals surface area (Å²) in [7, 11) is 0. The van der Waals surface area contributed by atoms with E-state index in [1.54, 1.807) is 0 Å². The largest absolute Gasteiger partial charge is 0.369 e. The smallest absolute Gasteiger partial charge is 0.154 e. The van der Waals surface area contributed by atoms with Gasteiger partial charge < -0.3 is 16.0 Å². The summed E-state index contributed by atoms with van der Waals surface area (Å²) in [5.41, 5.74) is 1.00. The Kier molecular flexibility index (Phi) is 3.30. The average Bonchev–Trinajstić information content (AvgIpc) is 3.02. The van der Waals surface area contributed by atoms with Crippen LogP contribution >= 0.6 is 0 Å². The Labute approximate surface area is 125 Å². The van der Waals surface area contributed by atoms with Gasteiger partial charge in [-0.2, -0.15) is 0 Å². The van der Waals surface area contributed by atoms with Gasteiger partial charge in [0.2, 0.25) is 0 Å². The van der Waals surface area contributed by atoms with Crippen molar-refractivity contribution in [2.75, 3.05) is 23.7 Å². The number of rotatable bonds is 1. The quantitative estimate of drug-likeness (QED) is 0.741. The second-order valence-corrected chi connectivity index (χ2v) is 6.43. The zero-order chi connectivity index (χ0) is 14.1. The van der Waals surface area contributed by atoms with Gasteiger partial charge in [0, 0.05) is 12.7 Å². The van der Waals surface area contributed by atoms with E-state index in [1.807, 2.05) is 12.3 Å². The van der Waals surface area contributed by atoms with Gasteiger partial charge in [-0.3, -0.25) is 4.99 Å². The molecular weight excluding hydrogens is 262 g/mol. The minimum Gasteiger partial charge on any atom is -0.369 e. The van der Waals surface area contributed by atoms with Crippen LogP contribution in [0, 0.1) is 0 Å². The first-order valence-electron chi connectivity index (χ1n) is 8.15. The number of amidine groups is 1. The summed E-state index contributed by atoms with van der Waals surface area (Å²) in [6.07, 6.45) is 9.20. The van der Waals surface area contributed by atoms with Crippen LogP contribution < -0.4 is 16.0 Å². The fraction of sp³-hybridized carbons (Fsp3) is 0.625. The summed E-state index contributed by atoms with van der Waals surface area (Å²) in [4.78, 5) is 9.52. The first-order valence-corrected chi connectivity index (χ1v) is 8.15.